The molecular weight excluding hydrogens is 298 g/mol. The van der Waals surface area contributed by atoms with E-state index in [0.29, 0.717) is 18.5 Å². The molecule has 4 nitrogen and oxygen atoms in total. The summed E-state index contributed by atoms with van der Waals surface area (Å²) in [7, 11) is 0. The van der Waals surface area contributed by atoms with Crippen LogP contribution in [0.4, 0.5) is 0 Å². The maximum atomic E-state index is 12.4. The number of nitrogens with zero attached hydrogens (tertiary/aromatic N) is 2. The predicted molar refractivity (Wildman–Crippen MR) is 94.2 cm³/mol. The van der Waals surface area contributed by atoms with Crippen molar-refractivity contribution in [2.45, 2.75) is 57.0 Å². The van der Waals surface area contributed by atoms with E-state index in [1.54, 1.807) is 0 Å². The predicted octanol–water partition coefficient (Wildman–Crippen LogP) is 2.89. The number of hydrogen-bond donors (Lipinski definition) is 1. The van der Waals surface area contributed by atoms with Crippen LogP contribution in [0.2, 0.25) is 0 Å². The molecule has 1 heterocycles. The number of benzene rings is 1. The van der Waals surface area contributed by atoms with Gasteiger partial charge in [0.2, 0.25) is 5.91 Å². The van der Waals surface area contributed by atoms with Crippen LogP contribution >= 0.6 is 0 Å². The first-order valence-corrected chi connectivity index (χ1v) is 9.11. The van der Waals surface area contributed by atoms with Crippen LogP contribution in [-0.2, 0) is 11.2 Å². The first-order chi connectivity index (χ1) is 11.6. The summed E-state index contributed by atoms with van der Waals surface area (Å²) in [6, 6.07) is 13.3. The molecule has 1 saturated heterocycles. The van der Waals surface area contributed by atoms with Crippen LogP contribution in [0, 0.1) is 17.2 Å². The van der Waals surface area contributed by atoms with Gasteiger partial charge in [0.1, 0.15) is 5.54 Å². The molecule has 1 aromatic rings. The zero-order chi connectivity index (χ0) is 17.0. The number of aryl methyl sites for hydroxylation is 1. The standard InChI is InChI=1S/C20H27N3O/c1-20(15-21,17-10-11-17)22-19(24)14-23-13-5-8-18(23)12-9-16-6-3-2-4-7-16/h2-4,6-7,17-18H,5,8-14H2,1H3,(H,22,24)/t18-,20-/m1/s1. The van der Waals surface area contributed by atoms with Gasteiger partial charge >= 0.3 is 0 Å². The summed E-state index contributed by atoms with van der Waals surface area (Å²) in [5, 5.41) is 12.4. The van der Waals surface area contributed by atoms with Crippen molar-refractivity contribution >= 4 is 5.91 Å². The number of nitriles is 1. The average Bonchev–Trinajstić information content (AvgIpc) is 3.36. The lowest BCUT2D eigenvalue weighted by molar-refractivity contribution is -0.123. The second kappa shape index (κ2) is 7.36. The van der Waals surface area contributed by atoms with Crippen molar-refractivity contribution in [1.29, 1.82) is 5.26 Å². The highest BCUT2D eigenvalue weighted by molar-refractivity contribution is 5.79. The molecule has 1 aliphatic heterocycles. The number of likely N-dealkylation sites (tertiary alicyclic amines) is 1. The molecule has 3 rings (SSSR count). The third-order valence-electron chi connectivity index (χ3n) is 5.48. The van der Waals surface area contributed by atoms with Gasteiger partial charge < -0.3 is 5.32 Å². The highest BCUT2D eigenvalue weighted by Crippen LogP contribution is 2.39. The van der Waals surface area contributed by atoms with Gasteiger partial charge in [0.05, 0.1) is 12.6 Å². The molecule has 24 heavy (non-hydrogen) atoms. The number of carbonyl (C=O) groups excluding carboxylic acids is 1. The number of carbonyl (C=O) groups is 1. The Balaban J connectivity index is 1.50. The molecular formula is C20H27N3O. The highest BCUT2D eigenvalue weighted by atomic mass is 16.2. The summed E-state index contributed by atoms with van der Waals surface area (Å²) in [6.07, 6.45) is 6.57. The third-order valence-corrected chi connectivity index (χ3v) is 5.48. The van der Waals surface area contributed by atoms with Gasteiger partial charge in [-0.2, -0.15) is 5.26 Å². The lowest BCUT2D eigenvalue weighted by Crippen LogP contribution is -2.50. The van der Waals surface area contributed by atoms with E-state index in [4.69, 9.17) is 0 Å². The number of amides is 1. The van der Waals surface area contributed by atoms with E-state index in [1.807, 2.05) is 13.0 Å². The molecule has 1 aromatic carbocycles. The molecule has 128 valence electrons. The number of hydrogen-bond acceptors (Lipinski definition) is 3. The monoisotopic (exact) mass is 325 g/mol. The summed E-state index contributed by atoms with van der Waals surface area (Å²) in [4.78, 5) is 14.7. The minimum absolute atomic E-state index is 0.00226. The van der Waals surface area contributed by atoms with E-state index in [2.05, 4.69) is 40.6 Å². The molecule has 1 amide bonds. The van der Waals surface area contributed by atoms with Gasteiger partial charge in [-0.15, -0.1) is 0 Å². The van der Waals surface area contributed by atoms with Crippen LogP contribution in [0.3, 0.4) is 0 Å². The van der Waals surface area contributed by atoms with Crippen LogP contribution in [0.25, 0.3) is 0 Å². The van der Waals surface area contributed by atoms with E-state index < -0.39 is 5.54 Å². The van der Waals surface area contributed by atoms with Crippen LogP contribution in [-0.4, -0.2) is 35.5 Å². The molecule has 1 aliphatic carbocycles. The van der Waals surface area contributed by atoms with Gasteiger partial charge in [-0.3, -0.25) is 9.69 Å². The lowest BCUT2D eigenvalue weighted by atomic mass is 9.98. The maximum Gasteiger partial charge on any atom is 0.235 e. The summed E-state index contributed by atoms with van der Waals surface area (Å²) < 4.78 is 0. The second-order valence-electron chi connectivity index (χ2n) is 7.43. The van der Waals surface area contributed by atoms with E-state index in [-0.39, 0.29) is 5.91 Å². The zero-order valence-corrected chi connectivity index (χ0v) is 14.5. The minimum atomic E-state index is -0.684. The number of rotatable bonds is 7. The molecule has 0 radical (unpaired) electrons. The average molecular weight is 325 g/mol. The van der Waals surface area contributed by atoms with Crippen LogP contribution in [0.15, 0.2) is 30.3 Å². The lowest BCUT2D eigenvalue weighted by Gasteiger charge is -2.27. The van der Waals surface area contributed by atoms with Crippen LogP contribution in [0.1, 0.15) is 44.6 Å². The highest BCUT2D eigenvalue weighted by Gasteiger charge is 2.43. The van der Waals surface area contributed by atoms with Crippen molar-refractivity contribution in [3.63, 3.8) is 0 Å². The minimum Gasteiger partial charge on any atom is -0.337 e. The van der Waals surface area contributed by atoms with E-state index in [1.165, 1.54) is 5.56 Å². The Hall–Kier alpha value is -1.86. The van der Waals surface area contributed by atoms with Crippen molar-refractivity contribution in [3.8, 4) is 6.07 Å². The molecule has 2 atom stereocenters. The Labute approximate surface area is 144 Å². The van der Waals surface area contributed by atoms with Gasteiger partial charge in [-0.05, 0) is 63.5 Å². The van der Waals surface area contributed by atoms with Gasteiger partial charge in [-0.25, -0.2) is 0 Å². The fourth-order valence-corrected chi connectivity index (χ4v) is 3.80. The SMILES string of the molecule is C[C@](C#N)(NC(=O)CN1CCC[C@@H]1CCc1ccccc1)C1CC1. The van der Waals surface area contributed by atoms with Gasteiger partial charge in [0.15, 0.2) is 0 Å². The summed E-state index contributed by atoms with van der Waals surface area (Å²) in [5.74, 6) is 0.330. The first kappa shape index (κ1) is 17.0. The van der Waals surface area contributed by atoms with Crippen molar-refractivity contribution in [1.82, 2.24) is 10.2 Å². The van der Waals surface area contributed by atoms with Crippen LogP contribution in [0.5, 0.6) is 0 Å². The topological polar surface area (TPSA) is 56.1 Å². The molecule has 2 aliphatic rings. The Morgan fingerprint density at radius 3 is 2.75 bits per heavy atom. The normalized spacial score (nSPS) is 23.4. The molecule has 4 heteroatoms. The fraction of sp³-hybridized carbons (Fsp3) is 0.600. The second-order valence-corrected chi connectivity index (χ2v) is 7.43. The fourth-order valence-electron chi connectivity index (χ4n) is 3.80. The summed E-state index contributed by atoms with van der Waals surface area (Å²) >= 11 is 0. The Bertz CT molecular complexity index is 605. The van der Waals surface area contributed by atoms with Crippen LogP contribution < -0.4 is 5.32 Å². The third kappa shape index (κ3) is 4.15. The number of nitrogens with one attached hydrogen (secondary N) is 1. The van der Waals surface area contributed by atoms with Gasteiger partial charge in [-0.1, -0.05) is 30.3 Å². The van der Waals surface area contributed by atoms with Crippen molar-refractivity contribution in [2.75, 3.05) is 13.1 Å². The molecule has 1 N–H and O–H groups in total. The molecule has 0 aromatic heterocycles. The summed E-state index contributed by atoms with van der Waals surface area (Å²) in [5.41, 5.74) is 0.677. The van der Waals surface area contributed by atoms with E-state index in [9.17, 15) is 10.1 Å². The molecule has 1 saturated carbocycles. The zero-order valence-electron chi connectivity index (χ0n) is 14.5. The van der Waals surface area contributed by atoms with Crippen molar-refractivity contribution in [2.24, 2.45) is 5.92 Å². The van der Waals surface area contributed by atoms with Crippen molar-refractivity contribution in [3.05, 3.63) is 35.9 Å². The van der Waals surface area contributed by atoms with E-state index in [0.717, 1.165) is 45.1 Å². The first-order valence-electron chi connectivity index (χ1n) is 9.11. The molecule has 2 fully saturated rings. The summed E-state index contributed by atoms with van der Waals surface area (Å²) in [6.45, 7) is 3.27. The Morgan fingerprint density at radius 2 is 2.08 bits per heavy atom. The maximum absolute atomic E-state index is 12.4. The quantitative estimate of drug-likeness (QED) is 0.838. The largest absolute Gasteiger partial charge is 0.337 e. The molecule has 0 unspecified atom stereocenters. The van der Waals surface area contributed by atoms with Gasteiger partial charge in [0.25, 0.3) is 0 Å². The van der Waals surface area contributed by atoms with E-state index >= 15 is 0 Å². The smallest absolute Gasteiger partial charge is 0.235 e. The van der Waals surface area contributed by atoms with Crippen molar-refractivity contribution < 1.29 is 4.79 Å². The Kier molecular flexibility index (Phi) is 5.20. The Morgan fingerprint density at radius 1 is 1.33 bits per heavy atom. The molecule has 0 bridgehead atoms. The van der Waals surface area contributed by atoms with Gasteiger partial charge in [0, 0.05) is 6.04 Å². The molecule has 0 spiro atoms.